The van der Waals surface area contributed by atoms with Crippen LogP contribution in [0.4, 0.5) is 0 Å². The highest BCUT2D eigenvalue weighted by Gasteiger charge is 2.52. The quantitative estimate of drug-likeness (QED) is 0.271. The van der Waals surface area contributed by atoms with Crippen molar-refractivity contribution in [1.82, 2.24) is 0 Å². The van der Waals surface area contributed by atoms with E-state index < -0.39 is 12.0 Å². The molecule has 29 heavy (non-hydrogen) atoms. The first-order valence-electron chi connectivity index (χ1n) is 9.61. The van der Waals surface area contributed by atoms with E-state index in [1.165, 1.54) is 7.11 Å². The number of carbonyl (C=O) groups is 1. The molecular formula is C19H22BrN3O6. The maximum atomic E-state index is 11.5. The summed E-state index contributed by atoms with van der Waals surface area (Å²) in [6, 6.07) is 3.26. The zero-order valence-electron chi connectivity index (χ0n) is 16.0. The standard InChI is InChI=1S/C19H22BrN3O6/c1-25-15(24)9-27-14-7-10(20)6-11-17-12(29-19(11)14)8-13(18(17)22-23-21)28-16-4-2-3-5-26-16/h6-7,12-13,16-18H,2-5,8-9H2,1H3. The zero-order chi connectivity index (χ0) is 20.4. The van der Waals surface area contributed by atoms with Crippen LogP contribution in [0.5, 0.6) is 11.5 Å². The van der Waals surface area contributed by atoms with Crippen molar-refractivity contribution < 1.29 is 28.5 Å². The Morgan fingerprint density at radius 1 is 1.41 bits per heavy atom. The minimum atomic E-state index is -0.482. The second-order valence-electron chi connectivity index (χ2n) is 7.27. The number of ether oxygens (including phenoxy) is 5. The lowest BCUT2D eigenvalue weighted by atomic mass is 9.94. The van der Waals surface area contributed by atoms with Gasteiger partial charge in [-0.05, 0) is 36.9 Å². The van der Waals surface area contributed by atoms with E-state index in [2.05, 4.69) is 30.7 Å². The van der Waals surface area contributed by atoms with E-state index in [4.69, 9.17) is 24.5 Å². The molecule has 0 amide bonds. The summed E-state index contributed by atoms with van der Waals surface area (Å²) in [5.41, 5.74) is 10.0. The van der Waals surface area contributed by atoms with Gasteiger partial charge in [0.25, 0.3) is 0 Å². The number of halogens is 1. The van der Waals surface area contributed by atoms with Gasteiger partial charge < -0.3 is 23.7 Å². The fourth-order valence-electron chi connectivity index (χ4n) is 4.24. The topological polar surface area (TPSA) is 112 Å². The molecule has 1 aromatic rings. The van der Waals surface area contributed by atoms with Crippen LogP contribution in [-0.2, 0) is 19.0 Å². The Kier molecular flexibility index (Phi) is 6.15. The van der Waals surface area contributed by atoms with Crippen LogP contribution in [0.15, 0.2) is 21.7 Å². The minimum Gasteiger partial charge on any atom is -0.485 e. The second kappa shape index (κ2) is 8.79. The van der Waals surface area contributed by atoms with Crippen LogP contribution in [0, 0.1) is 0 Å². The van der Waals surface area contributed by atoms with Crippen molar-refractivity contribution in [3.8, 4) is 11.5 Å². The van der Waals surface area contributed by atoms with Gasteiger partial charge in [-0.25, -0.2) is 4.79 Å². The molecule has 1 saturated heterocycles. The molecule has 2 aliphatic heterocycles. The van der Waals surface area contributed by atoms with E-state index in [1.54, 1.807) is 6.07 Å². The number of hydrogen-bond acceptors (Lipinski definition) is 7. The smallest absolute Gasteiger partial charge is 0.343 e. The van der Waals surface area contributed by atoms with Crippen molar-refractivity contribution >= 4 is 21.9 Å². The molecule has 0 radical (unpaired) electrons. The van der Waals surface area contributed by atoms with Crippen molar-refractivity contribution in [2.24, 2.45) is 5.11 Å². The average Bonchev–Trinajstić information content (AvgIpc) is 3.23. The summed E-state index contributed by atoms with van der Waals surface area (Å²) in [6.07, 6.45) is 2.75. The molecule has 5 unspecified atom stereocenters. The van der Waals surface area contributed by atoms with Gasteiger partial charge in [0.15, 0.2) is 24.4 Å². The summed E-state index contributed by atoms with van der Waals surface area (Å²) >= 11 is 3.48. The minimum absolute atomic E-state index is 0.160. The van der Waals surface area contributed by atoms with Crippen molar-refractivity contribution in [1.29, 1.82) is 0 Å². The van der Waals surface area contributed by atoms with E-state index in [0.717, 1.165) is 29.3 Å². The van der Waals surface area contributed by atoms with Crippen molar-refractivity contribution in [2.75, 3.05) is 20.3 Å². The monoisotopic (exact) mass is 467 g/mol. The molecule has 0 aromatic heterocycles. The Bertz CT molecular complexity index is 824. The Hall–Kier alpha value is -2.00. The Morgan fingerprint density at radius 3 is 3.00 bits per heavy atom. The van der Waals surface area contributed by atoms with Gasteiger partial charge in [0.1, 0.15) is 6.10 Å². The summed E-state index contributed by atoms with van der Waals surface area (Å²) in [5.74, 6) is 0.372. The molecule has 2 heterocycles. The Morgan fingerprint density at radius 2 is 2.28 bits per heavy atom. The van der Waals surface area contributed by atoms with Crippen LogP contribution in [-0.4, -0.2) is 50.8 Å². The fraction of sp³-hybridized carbons (Fsp3) is 0.632. The predicted octanol–water partition coefficient (Wildman–Crippen LogP) is 3.84. The number of esters is 1. The van der Waals surface area contributed by atoms with E-state index >= 15 is 0 Å². The molecule has 5 atom stereocenters. The first-order valence-corrected chi connectivity index (χ1v) is 10.4. The van der Waals surface area contributed by atoms with Gasteiger partial charge >= 0.3 is 5.97 Å². The molecule has 10 heteroatoms. The highest BCUT2D eigenvalue weighted by Crippen LogP contribution is 2.53. The number of fused-ring (bicyclic) bond motifs is 3. The molecule has 1 saturated carbocycles. The third-order valence-electron chi connectivity index (χ3n) is 5.51. The number of nitrogens with zero attached hydrogens (tertiary/aromatic N) is 3. The van der Waals surface area contributed by atoms with Crippen LogP contribution in [0.2, 0.25) is 0 Å². The van der Waals surface area contributed by atoms with Gasteiger partial charge in [-0.1, -0.05) is 21.0 Å². The van der Waals surface area contributed by atoms with E-state index in [0.29, 0.717) is 24.5 Å². The first kappa shape index (κ1) is 20.3. The molecular weight excluding hydrogens is 446 g/mol. The van der Waals surface area contributed by atoms with Crippen molar-refractivity contribution in [2.45, 2.75) is 56.1 Å². The van der Waals surface area contributed by atoms with Crippen LogP contribution < -0.4 is 9.47 Å². The Balaban J connectivity index is 1.58. The average molecular weight is 468 g/mol. The third kappa shape index (κ3) is 4.16. The summed E-state index contributed by atoms with van der Waals surface area (Å²) in [6.45, 7) is 0.465. The summed E-state index contributed by atoms with van der Waals surface area (Å²) < 4.78 is 29.0. The van der Waals surface area contributed by atoms with Crippen LogP contribution in [0.1, 0.15) is 37.2 Å². The molecule has 3 aliphatic rings. The molecule has 156 valence electrons. The summed E-state index contributed by atoms with van der Waals surface area (Å²) in [4.78, 5) is 14.5. The van der Waals surface area contributed by atoms with E-state index in [9.17, 15) is 4.79 Å². The Labute approximate surface area is 176 Å². The first-order chi connectivity index (χ1) is 14.1. The van der Waals surface area contributed by atoms with Crippen molar-refractivity contribution in [3.63, 3.8) is 0 Å². The highest BCUT2D eigenvalue weighted by atomic mass is 79.9. The number of hydrogen-bond donors (Lipinski definition) is 0. The molecule has 1 aliphatic carbocycles. The molecule has 0 N–H and O–H groups in total. The number of azide groups is 1. The predicted molar refractivity (Wildman–Crippen MR) is 105 cm³/mol. The largest absolute Gasteiger partial charge is 0.485 e. The molecule has 9 nitrogen and oxygen atoms in total. The number of benzene rings is 1. The molecule has 1 aromatic carbocycles. The lowest BCUT2D eigenvalue weighted by molar-refractivity contribution is -0.189. The molecule has 0 bridgehead atoms. The molecule has 4 rings (SSSR count). The lowest BCUT2D eigenvalue weighted by Gasteiger charge is -2.28. The van der Waals surface area contributed by atoms with Crippen LogP contribution in [0.25, 0.3) is 10.4 Å². The van der Waals surface area contributed by atoms with Gasteiger partial charge in [-0.15, -0.1) is 0 Å². The molecule has 2 fully saturated rings. The zero-order valence-corrected chi connectivity index (χ0v) is 17.5. The fourth-order valence-corrected chi connectivity index (χ4v) is 4.70. The van der Waals surface area contributed by atoms with E-state index in [1.807, 2.05) is 6.07 Å². The molecule has 0 spiro atoms. The SMILES string of the molecule is COC(=O)COc1cc(Br)cc2c1OC1CC(OC3CCCCO3)C(N=[N+]=[N-])C21. The number of rotatable bonds is 6. The van der Waals surface area contributed by atoms with E-state index in [-0.39, 0.29) is 31.0 Å². The summed E-state index contributed by atoms with van der Waals surface area (Å²) in [7, 11) is 1.30. The van der Waals surface area contributed by atoms with Gasteiger partial charge in [-0.2, -0.15) is 0 Å². The summed E-state index contributed by atoms with van der Waals surface area (Å²) in [5, 5.41) is 4.05. The lowest BCUT2D eigenvalue weighted by Crippen LogP contribution is -2.32. The van der Waals surface area contributed by atoms with Gasteiger partial charge in [0.2, 0.25) is 0 Å². The maximum Gasteiger partial charge on any atom is 0.343 e. The highest BCUT2D eigenvalue weighted by molar-refractivity contribution is 9.10. The number of carbonyl (C=O) groups excluding carboxylic acids is 1. The maximum absolute atomic E-state index is 11.5. The third-order valence-corrected chi connectivity index (χ3v) is 5.97. The number of methoxy groups -OCH3 is 1. The van der Waals surface area contributed by atoms with Crippen LogP contribution in [0.3, 0.4) is 0 Å². The van der Waals surface area contributed by atoms with Gasteiger partial charge in [-0.3, -0.25) is 0 Å². The second-order valence-corrected chi connectivity index (χ2v) is 8.19. The normalized spacial score (nSPS) is 29.9. The van der Waals surface area contributed by atoms with Gasteiger partial charge in [0, 0.05) is 33.9 Å². The van der Waals surface area contributed by atoms with Gasteiger partial charge in [0.05, 0.1) is 19.3 Å². The van der Waals surface area contributed by atoms with Crippen molar-refractivity contribution in [3.05, 3.63) is 32.6 Å². The van der Waals surface area contributed by atoms with Crippen LogP contribution >= 0.6 is 15.9 Å².